The van der Waals surface area contributed by atoms with Crippen LogP contribution in [-0.2, 0) is 24.2 Å². The Morgan fingerprint density at radius 2 is 1.93 bits per heavy atom. The van der Waals surface area contributed by atoms with Crippen LogP contribution in [0.1, 0.15) is 60.3 Å². The molecule has 5 heteroatoms. The van der Waals surface area contributed by atoms with Gasteiger partial charge in [-0.1, -0.05) is 49.1 Å². The maximum atomic E-state index is 12.8. The van der Waals surface area contributed by atoms with Crippen LogP contribution in [0, 0.1) is 12.8 Å². The zero-order valence-electron chi connectivity index (χ0n) is 16.0. The molecule has 2 heterocycles. The molecule has 0 radical (unpaired) electrons. The van der Waals surface area contributed by atoms with Crippen molar-refractivity contribution in [2.75, 3.05) is 6.54 Å². The number of aromatic nitrogens is 2. The predicted octanol–water partition coefficient (Wildman–Crippen LogP) is 3.13. The Hall–Kier alpha value is -2.43. The molecule has 0 spiro atoms. The summed E-state index contributed by atoms with van der Waals surface area (Å²) >= 11 is 0. The summed E-state index contributed by atoms with van der Waals surface area (Å²) in [4.78, 5) is 35.0. The molecule has 27 heavy (non-hydrogen) atoms. The third kappa shape index (κ3) is 3.97. The first-order valence-corrected chi connectivity index (χ1v) is 10.1. The van der Waals surface area contributed by atoms with Gasteiger partial charge in [0.15, 0.2) is 0 Å². The van der Waals surface area contributed by atoms with Crippen molar-refractivity contribution in [1.29, 1.82) is 0 Å². The van der Waals surface area contributed by atoms with Crippen LogP contribution < -0.4 is 5.56 Å². The Balaban J connectivity index is 1.50. The number of aromatic amines is 1. The number of fused-ring (bicyclic) bond motifs is 1. The zero-order chi connectivity index (χ0) is 18.8. The number of carbonyl (C=O) groups excluding carboxylic acids is 1. The van der Waals surface area contributed by atoms with Crippen molar-refractivity contribution < 1.29 is 4.79 Å². The van der Waals surface area contributed by atoms with Crippen LogP contribution in [0.25, 0.3) is 0 Å². The van der Waals surface area contributed by atoms with Gasteiger partial charge in [-0.15, -0.1) is 0 Å². The van der Waals surface area contributed by atoms with E-state index in [0.717, 1.165) is 36.9 Å². The highest BCUT2D eigenvalue weighted by atomic mass is 16.2. The Labute approximate surface area is 159 Å². The Morgan fingerprint density at radius 3 is 2.67 bits per heavy atom. The number of nitrogens with zero attached hydrogens (tertiary/aromatic N) is 2. The molecule has 0 atom stereocenters. The molecule has 1 saturated carbocycles. The minimum Gasteiger partial charge on any atom is -0.337 e. The molecule has 0 saturated heterocycles. The van der Waals surface area contributed by atoms with Crippen LogP contribution in [0.4, 0.5) is 0 Å². The number of hydrogen-bond acceptors (Lipinski definition) is 3. The number of amides is 1. The molecule has 1 amide bonds. The van der Waals surface area contributed by atoms with E-state index < -0.39 is 0 Å². The van der Waals surface area contributed by atoms with Gasteiger partial charge in [-0.3, -0.25) is 9.59 Å². The fraction of sp³-hybridized carbons (Fsp3) is 0.500. The Bertz CT molecular complexity index is 879. The number of nitrogens with one attached hydrogen (secondary N) is 1. The molecule has 1 N–H and O–H groups in total. The quantitative estimate of drug-likeness (QED) is 0.909. The highest BCUT2D eigenvalue weighted by Crippen LogP contribution is 2.27. The van der Waals surface area contributed by atoms with E-state index in [0.29, 0.717) is 37.3 Å². The van der Waals surface area contributed by atoms with Gasteiger partial charge in [-0.25, -0.2) is 4.98 Å². The summed E-state index contributed by atoms with van der Waals surface area (Å²) in [5, 5.41) is 0. The van der Waals surface area contributed by atoms with Crippen molar-refractivity contribution in [3.63, 3.8) is 0 Å². The van der Waals surface area contributed by atoms with E-state index in [4.69, 9.17) is 4.98 Å². The van der Waals surface area contributed by atoms with Crippen molar-refractivity contribution in [2.45, 2.75) is 58.4 Å². The number of H-pyrrole nitrogens is 1. The second-order valence-corrected chi connectivity index (χ2v) is 7.94. The van der Waals surface area contributed by atoms with Gasteiger partial charge in [-0.05, 0) is 25.3 Å². The number of aryl methyl sites for hydroxylation is 1. The van der Waals surface area contributed by atoms with E-state index in [9.17, 15) is 9.59 Å². The summed E-state index contributed by atoms with van der Waals surface area (Å²) in [7, 11) is 0. The van der Waals surface area contributed by atoms with Gasteiger partial charge < -0.3 is 9.88 Å². The molecule has 142 valence electrons. The van der Waals surface area contributed by atoms with Crippen LogP contribution in [-0.4, -0.2) is 27.3 Å². The largest absolute Gasteiger partial charge is 0.337 e. The fourth-order valence-electron chi connectivity index (χ4n) is 4.26. The third-order valence-corrected chi connectivity index (χ3v) is 5.88. The van der Waals surface area contributed by atoms with Gasteiger partial charge in [0.25, 0.3) is 5.56 Å². The summed E-state index contributed by atoms with van der Waals surface area (Å²) in [6.07, 6.45) is 6.79. The van der Waals surface area contributed by atoms with Gasteiger partial charge in [-0.2, -0.15) is 0 Å². The first kappa shape index (κ1) is 18.0. The van der Waals surface area contributed by atoms with E-state index in [1.165, 1.54) is 12.0 Å². The van der Waals surface area contributed by atoms with Crippen molar-refractivity contribution in [1.82, 2.24) is 14.9 Å². The van der Waals surface area contributed by atoms with Gasteiger partial charge in [0.1, 0.15) is 5.82 Å². The summed E-state index contributed by atoms with van der Waals surface area (Å²) < 4.78 is 0. The molecule has 1 aromatic carbocycles. The van der Waals surface area contributed by atoms with Gasteiger partial charge in [0.2, 0.25) is 5.91 Å². The lowest BCUT2D eigenvalue weighted by atomic mass is 9.88. The highest BCUT2D eigenvalue weighted by molar-refractivity contribution is 5.79. The van der Waals surface area contributed by atoms with Gasteiger partial charge in [0, 0.05) is 25.3 Å². The lowest BCUT2D eigenvalue weighted by Gasteiger charge is -2.32. The van der Waals surface area contributed by atoms with Crippen LogP contribution >= 0.6 is 0 Å². The molecular weight excluding hydrogens is 338 g/mol. The molecule has 1 aromatic heterocycles. The van der Waals surface area contributed by atoms with Crippen molar-refractivity contribution in [3.05, 3.63) is 62.8 Å². The van der Waals surface area contributed by atoms with Crippen LogP contribution in [0.2, 0.25) is 0 Å². The van der Waals surface area contributed by atoms with Gasteiger partial charge >= 0.3 is 0 Å². The summed E-state index contributed by atoms with van der Waals surface area (Å²) in [6.45, 7) is 3.13. The summed E-state index contributed by atoms with van der Waals surface area (Å²) in [5.74, 6) is 1.08. The maximum absolute atomic E-state index is 12.8. The van der Waals surface area contributed by atoms with E-state index in [1.807, 2.05) is 4.90 Å². The normalized spacial score (nSPS) is 17.6. The smallest absolute Gasteiger partial charge is 0.256 e. The average molecular weight is 365 g/mol. The van der Waals surface area contributed by atoms with E-state index in [1.54, 1.807) is 0 Å². The van der Waals surface area contributed by atoms with E-state index in [2.05, 4.69) is 36.2 Å². The van der Waals surface area contributed by atoms with Crippen LogP contribution in [0.3, 0.4) is 0 Å². The minimum absolute atomic E-state index is 0.0942. The second-order valence-electron chi connectivity index (χ2n) is 7.94. The number of carbonyl (C=O) groups is 1. The van der Waals surface area contributed by atoms with Crippen molar-refractivity contribution in [3.8, 4) is 0 Å². The van der Waals surface area contributed by atoms with Crippen LogP contribution in [0.5, 0.6) is 0 Å². The lowest BCUT2D eigenvalue weighted by molar-refractivity contribution is -0.137. The third-order valence-electron chi connectivity index (χ3n) is 5.88. The molecule has 4 rings (SSSR count). The zero-order valence-corrected chi connectivity index (χ0v) is 16.0. The van der Waals surface area contributed by atoms with E-state index in [-0.39, 0.29) is 17.4 Å². The Morgan fingerprint density at radius 1 is 1.19 bits per heavy atom. The predicted molar refractivity (Wildman–Crippen MR) is 105 cm³/mol. The monoisotopic (exact) mass is 365 g/mol. The van der Waals surface area contributed by atoms with Gasteiger partial charge in [0.05, 0.1) is 17.8 Å². The Kier molecular flexibility index (Phi) is 5.10. The fourth-order valence-corrected chi connectivity index (χ4v) is 4.26. The second kappa shape index (κ2) is 7.67. The first-order valence-electron chi connectivity index (χ1n) is 10.1. The SMILES string of the molecule is Cc1ccc(Cc2nc3c(c(=O)[nH]2)CN(C(=O)C2CCCCC2)CC3)cc1. The maximum Gasteiger partial charge on any atom is 0.256 e. The number of benzene rings is 1. The minimum atomic E-state index is -0.0942. The standard InChI is InChI=1S/C22H27N3O2/c1-15-7-9-16(10-8-15)13-20-23-19-11-12-25(14-18(19)21(26)24-20)22(27)17-5-3-2-4-6-17/h7-10,17H,2-6,11-14H2,1H3,(H,23,24,26). The molecule has 1 aliphatic heterocycles. The van der Waals surface area contributed by atoms with Crippen molar-refractivity contribution in [2.24, 2.45) is 5.92 Å². The first-order chi connectivity index (χ1) is 13.1. The molecule has 5 nitrogen and oxygen atoms in total. The van der Waals surface area contributed by atoms with Crippen LogP contribution in [0.15, 0.2) is 29.1 Å². The summed E-state index contributed by atoms with van der Waals surface area (Å²) in [5.41, 5.74) is 3.77. The molecule has 0 unspecified atom stereocenters. The highest BCUT2D eigenvalue weighted by Gasteiger charge is 2.30. The summed E-state index contributed by atoms with van der Waals surface area (Å²) in [6, 6.07) is 8.28. The molecule has 0 bridgehead atoms. The molecule has 1 aliphatic carbocycles. The topological polar surface area (TPSA) is 66.1 Å². The molecule has 2 aromatic rings. The molecular formula is C22H27N3O2. The van der Waals surface area contributed by atoms with E-state index >= 15 is 0 Å². The molecule has 2 aliphatic rings. The average Bonchev–Trinajstić information content (AvgIpc) is 2.70. The molecule has 1 fully saturated rings. The number of rotatable bonds is 3. The number of hydrogen-bond donors (Lipinski definition) is 1. The lowest BCUT2D eigenvalue weighted by Crippen LogP contribution is -2.43. The van der Waals surface area contributed by atoms with Crippen molar-refractivity contribution >= 4 is 5.91 Å².